The van der Waals surface area contributed by atoms with Gasteiger partial charge in [0.2, 0.25) is 0 Å². The zero-order valence-electron chi connectivity index (χ0n) is 13.9. The van der Waals surface area contributed by atoms with Gasteiger partial charge in [-0.15, -0.1) is 0 Å². The lowest BCUT2D eigenvalue weighted by Crippen LogP contribution is -2.40. The normalized spacial score (nSPS) is 11.0. The molecule has 2 aromatic rings. The van der Waals surface area contributed by atoms with Crippen LogP contribution in [0.2, 0.25) is 0 Å². The number of hydrogen-bond donors (Lipinski definition) is 2. The van der Waals surface area contributed by atoms with Gasteiger partial charge in [0.1, 0.15) is 11.5 Å². The molecule has 7 nitrogen and oxygen atoms in total. The molecule has 0 saturated heterocycles. The molecule has 0 aromatic carbocycles. The summed E-state index contributed by atoms with van der Waals surface area (Å²) in [5, 5.41) is 4.27. The maximum absolute atomic E-state index is 11.9. The topological polar surface area (TPSA) is 89.2 Å². The maximum atomic E-state index is 11.9. The number of amides is 2. The molecule has 23 heavy (non-hydrogen) atoms. The molecular formula is C16H20N4O3. The zero-order valence-corrected chi connectivity index (χ0v) is 13.9. The van der Waals surface area contributed by atoms with Gasteiger partial charge in [-0.25, -0.2) is 0 Å². The summed E-state index contributed by atoms with van der Waals surface area (Å²) < 4.78 is 7.03. The Hall–Kier alpha value is -2.83. The lowest BCUT2D eigenvalue weighted by molar-refractivity contribution is -0.117. The van der Waals surface area contributed by atoms with Crippen LogP contribution in [0.5, 0.6) is 0 Å². The van der Waals surface area contributed by atoms with Gasteiger partial charge < -0.3 is 4.42 Å². The maximum Gasteiger partial charge on any atom is 0.273 e. The summed E-state index contributed by atoms with van der Waals surface area (Å²) in [6.45, 7) is 7.24. The number of nitrogens with zero attached hydrogens (tertiary/aromatic N) is 2. The standard InChI is InChI=1S/C16H20N4O3/c1-9-8-14(12(4)23-9)16(22)18-17-15(21)7-6-13-10(2)19-20(5)11(13)3/h6-8H,1-5H3,(H,17,21)(H,18,22). The Morgan fingerprint density at radius 3 is 2.43 bits per heavy atom. The van der Waals surface area contributed by atoms with Crippen molar-refractivity contribution < 1.29 is 14.0 Å². The van der Waals surface area contributed by atoms with Crippen molar-refractivity contribution in [3.8, 4) is 0 Å². The second kappa shape index (κ2) is 6.51. The molecule has 0 bridgehead atoms. The molecule has 122 valence electrons. The minimum atomic E-state index is -0.432. The van der Waals surface area contributed by atoms with Crippen LogP contribution < -0.4 is 10.9 Å². The number of aryl methyl sites for hydroxylation is 4. The molecule has 0 aliphatic heterocycles. The highest BCUT2D eigenvalue weighted by atomic mass is 16.3. The highest BCUT2D eigenvalue weighted by molar-refractivity contribution is 5.98. The van der Waals surface area contributed by atoms with Crippen LogP contribution >= 0.6 is 0 Å². The van der Waals surface area contributed by atoms with Crippen LogP contribution in [0.4, 0.5) is 0 Å². The Morgan fingerprint density at radius 1 is 1.22 bits per heavy atom. The first-order valence-corrected chi connectivity index (χ1v) is 7.15. The van der Waals surface area contributed by atoms with Crippen molar-refractivity contribution in [3.05, 3.63) is 46.2 Å². The number of furan rings is 1. The van der Waals surface area contributed by atoms with Gasteiger partial charge in [0.05, 0.1) is 11.3 Å². The van der Waals surface area contributed by atoms with E-state index in [9.17, 15) is 9.59 Å². The van der Waals surface area contributed by atoms with Crippen molar-refractivity contribution >= 4 is 17.9 Å². The largest absolute Gasteiger partial charge is 0.466 e. The van der Waals surface area contributed by atoms with Crippen molar-refractivity contribution in [3.63, 3.8) is 0 Å². The number of aromatic nitrogens is 2. The predicted octanol–water partition coefficient (Wildman–Crippen LogP) is 1.72. The van der Waals surface area contributed by atoms with E-state index in [-0.39, 0.29) is 0 Å². The van der Waals surface area contributed by atoms with Crippen molar-refractivity contribution in [2.24, 2.45) is 7.05 Å². The van der Waals surface area contributed by atoms with Gasteiger partial charge >= 0.3 is 0 Å². The second-order valence-corrected chi connectivity index (χ2v) is 5.31. The molecule has 7 heteroatoms. The lowest BCUT2D eigenvalue weighted by Gasteiger charge is -2.04. The monoisotopic (exact) mass is 316 g/mol. The average Bonchev–Trinajstić information content (AvgIpc) is 2.94. The zero-order chi connectivity index (χ0) is 17.1. The molecular weight excluding hydrogens is 296 g/mol. The van der Waals surface area contributed by atoms with Crippen LogP contribution in [-0.4, -0.2) is 21.6 Å². The third kappa shape index (κ3) is 3.68. The molecule has 0 radical (unpaired) electrons. The lowest BCUT2D eigenvalue weighted by atomic mass is 10.2. The molecule has 0 aliphatic rings. The van der Waals surface area contributed by atoms with E-state index >= 15 is 0 Å². The van der Waals surface area contributed by atoms with Crippen LogP contribution in [0.1, 0.15) is 38.8 Å². The van der Waals surface area contributed by atoms with Gasteiger partial charge in [-0.05, 0) is 39.8 Å². The highest BCUT2D eigenvalue weighted by Gasteiger charge is 2.13. The van der Waals surface area contributed by atoms with Crippen molar-refractivity contribution in [1.29, 1.82) is 0 Å². The SMILES string of the molecule is Cc1cc(C(=O)NNC(=O)C=Cc2c(C)nn(C)c2C)c(C)o1. The Kier molecular flexibility index (Phi) is 4.68. The number of rotatable bonds is 3. The summed E-state index contributed by atoms with van der Waals surface area (Å²) in [6, 6.07) is 1.62. The average molecular weight is 316 g/mol. The quantitative estimate of drug-likeness (QED) is 0.666. The minimum absolute atomic E-state index is 0.394. The third-order valence-electron chi connectivity index (χ3n) is 3.55. The molecule has 2 rings (SSSR count). The fourth-order valence-corrected chi connectivity index (χ4v) is 2.27. The smallest absolute Gasteiger partial charge is 0.273 e. The Morgan fingerprint density at radius 2 is 1.91 bits per heavy atom. The van der Waals surface area contributed by atoms with E-state index < -0.39 is 11.8 Å². The number of nitrogens with one attached hydrogen (secondary N) is 2. The van der Waals surface area contributed by atoms with E-state index in [2.05, 4.69) is 16.0 Å². The molecule has 0 spiro atoms. The molecule has 0 atom stereocenters. The van der Waals surface area contributed by atoms with Crippen LogP contribution in [0.15, 0.2) is 16.6 Å². The van der Waals surface area contributed by atoms with Crippen LogP contribution in [-0.2, 0) is 11.8 Å². The van der Waals surface area contributed by atoms with Crippen LogP contribution in [0.3, 0.4) is 0 Å². The summed E-state index contributed by atoms with van der Waals surface area (Å²) in [5.74, 6) is 0.293. The Labute approximate surface area is 134 Å². The molecule has 2 amide bonds. The summed E-state index contributed by atoms with van der Waals surface area (Å²) in [5.41, 5.74) is 7.77. The Balaban J connectivity index is 1.96. The summed E-state index contributed by atoms with van der Waals surface area (Å²) >= 11 is 0. The first kappa shape index (κ1) is 16.5. The first-order chi connectivity index (χ1) is 10.8. The van der Waals surface area contributed by atoms with E-state index in [4.69, 9.17) is 4.42 Å². The van der Waals surface area contributed by atoms with Crippen molar-refractivity contribution in [2.45, 2.75) is 27.7 Å². The van der Waals surface area contributed by atoms with Gasteiger partial charge in [-0.1, -0.05) is 0 Å². The van der Waals surface area contributed by atoms with E-state index in [0.29, 0.717) is 17.1 Å². The molecule has 2 aromatic heterocycles. The van der Waals surface area contributed by atoms with E-state index in [1.807, 2.05) is 20.9 Å². The molecule has 2 N–H and O–H groups in total. The molecule has 2 heterocycles. The van der Waals surface area contributed by atoms with Crippen LogP contribution in [0.25, 0.3) is 6.08 Å². The van der Waals surface area contributed by atoms with Crippen molar-refractivity contribution in [2.75, 3.05) is 0 Å². The van der Waals surface area contributed by atoms with Gasteiger partial charge in [0, 0.05) is 24.4 Å². The summed E-state index contributed by atoms with van der Waals surface area (Å²) in [7, 11) is 1.84. The van der Waals surface area contributed by atoms with E-state index in [0.717, 1.165) is 17.0 Å². The van der Waals surface area contributed by atoms with Gasteiger partial charge in [-0.3, -0.25) is 25.1 Å². The second-order valence-electron chi connectivity index (χ2n) is 5.31. The third-order valence-corrected chi connectivity index (χ3v) is 3.55. The summed E-state index contributed by atoms with van der Waals surface area (Å²) in [4.78, 5) is 23.8. The van der Waals surface area contributed by atoms with Crippen LogP contribution in [0, 0.1) is 27.7 Å². The van der Waals surface area contributed by atoms with Crippen molar-refractivity contribution in [1.82, 2.24) is 20.6 Å². The van der Waals surface area contributed by atoms with E-state index in [1.54, 1.807) is 30.7 Å². The molecule has 0 unspecified atom stereocenters. The molecule has 0 aliphatic carbocycles. The number of carbonyl (C=O) groups excluding carboxylic acids is 2. The number of hydrogen-bond acceptors (Lipinski definition) is 4. The van der Waals surface area contributed by atoms with Gasteiger partial charge in [-0.2, -0.15) is 5.10 Å². The number of carbonyl (C=O) groups is 2. The minimum Gasteiger partial charge on any atom is -0.466 e. The molecule has 0 fully saturated rings. The number of hydrazine groups is 1. The Bertz CT molecular complexity index is 784. The fourth-order valence-electron chi connectivity index (χ4n) is 2.27. The van der Waals surface area contributed by atoms with Gasteiger partial charge in [0.15, 0.2) is 0 Å². The highest BCUT2D eigenvalue weighted by Crippen LogP contribution is 2.14. The predicted molar refractivity (Wildman–Crippen MR) is 85.5 cm³/mol. The summed E-state index contributed by atoms with van der Waals surface area (Å²) in [6.07, 6.45) is 3.02. The van der Waals surface area contributed by atoms with E-state index in [1.165, 1.54) is 6.08 Å². The van der Waals surface area contributed by atoms with Gasteiger partial charge in [0.25, 0.3) is 11.8 Å². The fraction of sp³-hybridized carbons (Fsp3) is 0.312. The first-order valence-electron chi connectivity index (χ1n) is 7.15. The molecule has 0 saturated carbocycles.